The summed E-state index contributed by atoms with van der Waals surface area (Å²) in [5, 5.41) is 15.5. The van der Waals surface area contributed by atoms with Gasteiger partial charge in [0.05, 0.1) is 51.8 Å². The van der Waals surface area contributed by atoms with Crippen LogP contribution in [0.25, 0.3) is 0 Å². The highest BCUT2D eigenvalue weighted by atomic mass is 16.7. The summed E-state index contributed by atoms with van der Waals surface area (Å²) < 4.78 is 68.5. The second kappa shape index (κ2) is 28.9. The average molecular weight is 1090 g/mol. The summed E-state index contributed by atoms with van der Waals surface area (Å²) in [5.74, 6) is -0.676. The largest absolute Gasteiger partial charge is 0.453 e. The Hall–Kier alpha value is -7.08. The summed E-state index contributed by atoms with van der Waals surface area (Å²) >= 11 is 0. The molecule has 11 atom stereocenters. The van der Waals surface area contributed by atoms with Crippen LogP contribution in [0.3, 0.4) is 0 Å². The Morgan fingerprint density at radius 1 is 0.450 bits per heavy atom. The van der Waals surface area contributed by atoms with Crippen LogP contribution in [0, 0.1) is 0 Å². The molecule has 1 saturated carbocycles. The van der Waals surface area contributed by atoms with E-state index in [0.29, 0.717) is 0 Å². The first kappa shape index (κ1) is 57.6. The number of benzene rings is 7. The van der Waals surface area contributed by atoms with E-state index in [4.69, 9.17) is 47.4 Å². The lowest BCUT2D eigenvalue weighted by atomic mass is 9.83. The Bertz CT molecular complexity index is 2900. The Kier molecular flexibility index (Phi) is 20.8. The minimum Gasteiger partial charge on any atom is -0.453 e. The van der Waals surface area contributed by atoms with Gasteiger partial charge in [-0.25, -0.2) is 9.59 Å². The third-order valence-corrected chi connectivity index (χ3v) is 13.7. The van der Waals surface area contributed by atoms with Crippen molar-refractivity contribution in [3.8, 4) is 0 Å². The number of ether oxygens (including phenoxy) is 10. The molecular formula is C66H71NO13. The molecule has 2 N–H and O–H groups in total. The lowest BCUT2D eigenvalue weighted by Gasteiger charge is -2.51. The molecule has 7 aromatic rings. The van der Waals surface area contributed by atoms with Crippen molar-refractivity contribution < 1.29 is 62.1 Å². The van der Waals surface area contributed by atoms with E-state index in [0.717, 1.165) is 33.4 Å². The normalized spacial score (nSPS) is 23.9. The topological polar surface area (TPSA) is 159 Å². The van der Waals surface area contributed by atoms with Gasteiger partial charge in [-0.05, 0) is 66.3 Å². The summed E-state index contributed by atoms with van der Waals surface area (Å²) in [6, 6.07) is 65.3. The van der Waals surface area contributed by atoms with Gasteiger partial charge in [-0.3, -0.25) is 0 Å². The fourth-order valence-corrected chi connectivity index (χ4v) is 9.76. The third kappa shape index (κ3) is 16.5. The molecule has 418 valence electrons. The number of esters is 1. The number of nitrogens with one attached hydrogen (secondary N) is 1. The zero-order chi connectivity index (χ0) is 55.5. The van der Waals surface area contributed by atoms with Crippen LogP contribution in [-0.2, 0) is 87.0 Å². The average Bonchev–Trinajstić information content (AvgIpc) is 3.58. The van der Waals surface area contributed by atoms with E-state index >= 15 is 0 Å². The molecule has 14 nitrogen and oxygen atoms in total. The van der Waals surface area contributed by atoms with Crippen LogP contribution in [0.2, 0.25) is 0 Å². The fourth-order valence-electron chi connectivity index (χ4n) is 9.76. The maximum absolute atomic E-state index is 14.9. The van der Waals surface area contributed by atoms with Gasteiger partial charge >= 0.3 is 12.1 Å². The molecule has 7 aromatic carbocycles. The number of aliphatic hydroxyl groups excluding tert-OH is 1. The van der Waals surface area contributed by atoms with E-state index in [1.807, 2.05) is 188 Å². The van der Waals surface area contributed by atoms with Crippen LogP contribution >= 0.6 is 0 Å². The van der Waals surface area contributed by atoms with Crippen molar-refractivity contribution in [3.05, 3.63) is 251 Å². The Balaban J connectivity index is 1.19. The number of amides is 1. The minimum absolute atomic E-state index is 0.0359. The molecule has 0 radical (unpaired) electrons. The summed E-state index contributed by atoms with van der Waals surface area (Å²) in [4.78, 5) is 29.1. The predicted octanol–water partition coefficient (Wildman–Crippen LogP) is 10.7. The second-order valence-corrected chi connectivity index (χ2v) is 20.8. The van der Waals surface area contributed by atoms with Crippen molar-refractivity contribution in [1.29, 1.82) is 0 Å². The van der Waals surface area contributed by atoms with E-state index in [-0.39, 0.29) is 51.8 Å². The highest BCUT2D eigenvalue weighted by Gasteiger charge is 2.59. The number of hydrogen-bond donors (Lipinski definition) is 2. The summed E-state index contributed by atoms with van der Waals surface area (Å²) in [5.41, 5.74) is 4.48. The van der Waals surface area contributed by atoms with E-state index < -0.39 is 84.9 Å². The number of aliphatic hydroxyl groups is 1. The molecule has 1 heterocycles. The molecule has 0 unspecified atom stereocenters. The summed E-state index contributed by atoms with van der Waals surface area (Å²) in [6.07, 6.45) is -13.0. The van der Waals surface area contributed by atoms with Crippen molar-refractivity contribution in [1.82, 2.24) is 5.32 Å². The van der Waals surface area contributed by atoms with Crippen LogP contribution in [0.15, 0.2) is 212 Å². The number of carbonyl (C=O) groups is 2. The molecule has 0 aromatic heterocycles. The molecule has 1 aliphatic carbocycles. The number of carbonyl (C=O) groups excluding carboxylic acids is 2. The molecule has 1 aliphatic heterocycles. The fraction of sp³-hybridized carbons (Fsp3) is 0.333. The minimum atomic E-state index is -1.49. The van der Waals surface area contributed by atoms with Gasteiger partial charge in [0, 0.05) is 0 Å². The van der Waals surface area contributed by atoms with Crippen molar-refractivity contribution in [2.75, 3.05) is 6.61 Å². The van der Waals surface area contributed by atoms with E-state index in [1.54, 1.807) is 45.0 Å². The van der Waals surface area contributed by atoms with Crippen molar-refractivity contribution in [2.24, 2.45) is 0 Å². The monoisotopic (exact) mass is 1090 g/mol. The highest BCUT2D eigenvalue weighted by Crippen LogP contribution is 2.39. The highest BCUT2D eigenvalue weighted by molar-refractivity contribution is 5.89. The van der Waals surface area contributed by atoms with Gasteiger partial charge < -0.3 is 57.8 Å². The van der Waals surface area contributed by atoms with Crippen LogP contribution < -0.4 is 5.32 Å². The van der Waals surface area contributed by atoms with Gasteiger partial charge in [0.1, 0.15) is 60.5 Å². The van der Waals surface area contributed by atoms with Gasteiger partial charge in [0.15, 0.2) is 12.4 Å². The Morgan fingerprint density at radius 2 is 0.787 bits per heavy atom. The van der Waals surface area contributed by atoms with Gasteiger partial charge in [0.2, 0.25) is 0 Å². The Morgan fingerprint density at radius 3 is 1.18 bits per heavy atom. The summed E-state index contributed by atoms with van der Waals surface area (Å²) in [6.45, 7) is 5.72. The number of alkyl carbamates (subject to hydrolysis) is 1. The lowest BCUT2D eigenvalue weighted by molar-refractivity contribution is -0.336. The molecule has 2 fully saturated rings. The van der Waals surface area contributed by atoms with E-state index in [9.17, 15) is 14.7 Å². The Labute approximate surface area is 468 Å². The molecule has 0 spiro atoms. The van der Waals surface area contributed by atoms with Gasteiger partial charge in [-0.15, -0.1) is 0 Å². The SMILES string of the molecule is CC(C)(C)OC(=O)N[C@H]1[C@@H](O[C@@H]2[C@@H](OCc3ccccc3)[C@H](OCc3ccccc3)[C@@H](OCc3ccccc3)[C@@H](OCc3ccccc3)[C@H]2OC(=O)c2ccccc2)O[C@H](COCc2ccccc2)[C@@H](O)[C@@H]1OCc1ccccc1. The smallest absolute Gasteiger partial charge is 0.408 e. The molecule has 80 heavy (non-hydrogen) atoms. The number of rotatable bonds is 24. The first-order valence-electron chi connectivity index (χ1n) is 27.2. The first-order chi connectivity index (χ1) is 39.0. The second-order valence-electron chi connectivity index (χ2n) is 20.8. The van der Waals surface area contributed by atoms with Crippen LogP contribution in [0.1, 0.15) is 64.5 Å². The maximum atomic E-state index is 14.9. The van der Waals surface area contributed by atoms with Crippen LogP contribution in [0.5, 0.6) is 0 Å². The predicted molar refractivity (Wildman–Crippen MR) is 300 cm³/mol. The van der Waals surface area contributed by atoms with Gasteiger partial charge in [-0.2, -0.15) is 0 Å². The molecule has 1 amide bonds. The van der Waals surface area contributed by atoms with Crippen molar-refractivity contribution in [2.45, 2.75) is 133 Å². The van der Waals surface area contributed by atoms with Crippen LogP contribution in [-0.4, -0.2) is 96.6 Å². The zero-order valence-corrected chi connectivity index (χ0v) is 45.4. The maximum Gasteiger partial charge on any atom is 0.408 e. The standard InChI is InChI=1S/C66H71NO13/c1-66(2,3)80-65(70)67-54-56(72-40-47-27-13-5-14-28-47)55(68)53(45-71-39-46-25-11-4-12-26-46)77-64(54)79-62-60(76-44-51-35-21-9-22-36-51)58(74-42-49-31-17-7-18-32-49)57(73-41-48-29-15-6-16-30-48)59(75-43-50-33-19-8-20-34-50)61(62)78-63(69)52-37-23-10-24-38-52/h4-38,53-62,64,68H,39-45H2,1-3H3,(H,67,70)/t53-,54-,55-,56-,57-,58-,59-,60+,61-,62-,64-/m1/s1. The quantitative estimate of drug-likeness (QED) is 0.0551. The third-order valence-electron chi connectivity index (χ3n) is 13.7. The van der Waals surface area contributed by atoms with Crippen molar-refractivity contribution >= 4 is 12.1 Å². The lowest BCUT2D eigenvalue weighted by Crippen LogP contribution is -2.71. The summed E-state index contributed by atoms with van der Waals surface area (Å²) in [7, 11) is 0. The van der Waals surface area contributed by atoms with E-state index in [1.165, 1.54) is 0 Å². The first-order valence-corrected chi connectivity index (χ1v) is 27.2. The van der Waals surface area contributed by atoms with Crippen molar-refractivity contribution in [3.63, 3.8) is 0 Å². The molecule has 1 saturated heterocycles. The van der Waals surface area contributed by atoms with Crippen LogP contribution in [0.4, 0.5) is 4.79 Å². The zero-order valence-electron chi connectivity index (χ0n) is 45.4. The molecule has 9 rings (SSSR count). The van der Waals surface area contributed by atoms with E-state index in [2.05, 4.69) is 5.32 Å². The van der Waals surface area contributed by atoms with Gasteiger partial charge in [0.25, 0.3) is 0 Å². The number of hydrogen-bond acceptors (Lipinski definition) is 13. The van der Waals surface area contributed by atoms with Gasteiger partial charge in [-0.1, -0.05) is 200 Å². The molecule has 2 aliphatic rings. The molecule has 14 heteroatoms. The molecule has 0 bridgehead atoms. The molecular weight excluding hydrogens is 1010 g/mol.